The number of ether oxygens (including phenoxy) is 1. The number of rotatable bonds is 10. The molecule has 1 aromatic carbocycles. The van der Waals surface area contributed by atoms with Crippen LogP contribution in [0.1, 0.15) is 42.2 Å². The van der Waals surface area contributed by atoms with Gasteiger partial charge < -0.3 is 15.2 Å². The van der Waals surface area contributed by atoms with Crippen LogP contribution in [0.5, 0.6) is 5.75 Å². The number of aliphatic carboxylic acids is 1. The summed E-state index contributed by atoms with van der Waals surface area (Å²) in [5, 5.41) is 11.3. The van der Waals surface area contributed by atoms with Crippen molar-refractivity contribution in [2.24, 2.45) is 0 Å². The van der Waals surface area contributed by atoms with E-state index in [9.17, 15) is 9.59 Å². The van der Waals surface area contributed by atoms with Gasteiger partial charge in [0.05, 0.1) is 4.58 Å². The summed E-state index contributed by atoms with van der Waals surface area (Å²) < 4.78 is 6.02. The zero-order chi connectivity index (χ0) is 17.9. The average Bonchev–Trinajstić information content (AvgIpc) is 2.64. The summed E-state index contributed by atoms with van der Waals surface area (Å²) in [5.74, 6) is 2.20. The number of carbonyl (C=O) groups excluding carboxylic acids is 1. The number of nitrogens with one attached hydrogen (secondary N) is 1. The second kappa shape index (κ2) is 11.3. The SMILES string of the molecule is O=C(O)CCCCCNC(=O)COc1ccc(C2SCCCS2)cc1. The molecule has 138 valence electrons. The normalized spacial score (nSPS) is 14.9. The first kappa shape index (κ1) is 20.0. The van der Waals surface area contributed by atoms with E-state index in [1.807, 2.05) is 35.7 Å². The molecule has 5 nitrogen and oxygen atoms in total. The molecular formula is C18H25NO4S2. The first-order valence-corrected chi connectivity index (χ1v) is 10.7. The van der Waals surface area contributed by atoms with Gasteiger partial charge in [-0.05, 0) is 48.5 Å². The van der Waals surface area contributed by atoms with Crippen LogP contribution < -0.4 is 10.1 Å². The topological polar surface area (TPSA) is 75.6 Å². The predicted molar refractivity (Wildman–Crippen MR) is 103 cm³/mol. The molecule has 1 aliphatic heterocycles. The van der Waals surface area contributed by atoms with E-state index in [-0.39, 0.29) is 18.9 Å². The minimum Gasteiger partial charge on any atom is -0.484 e. The van der Waals surface area contributed by atoms with Crippen LogP contribution >= 0.6 is 23.5 Å². The standard InChI is InChI=1S/C18H25NO4S2/c20-16(19-10-3-1-2-5-17(21)22)13-23-15-8-6-14(7-9-15)18-24-11-4-12-25-18/h6-9,18H,1-5,10-13H2,(H,19,20)(H,21,22). The maximum Gasteiger partial charge on any atom is 0.303 e. The molecule has 0 unspecified atom stereocenters. The number of carboxylic acid groups (broad SMARTS) is 1. The Hall–Kier alpha value is -1.34. The predicted octanol–water partition coefficient (Wildman–Crippen LogP) is 3.70. The molecule has 2 N–H and O–H groups in total. The number of carboxylic acids is 1. The van der Waals surface area contributed by atoms with Crippen molar-refractivity contribution in [3.05, 3.63) is 29.8 Å². The third-order valence-corrected chi connectivity index (χ3v) is 6.75. The monoisotopic (exact) mass is 383 g/mol. The smallest absolute Gasteiger partial charge is 0.303 e. The molecule has 1 aliphatic rings. The van der Waals surface area contributed by atoms with Crippen molar-refractivity contribution in [1.82, 2.24) is 5.32 Å². The summed E-state index contributed by atoms with van der Waals surface area (Å²) in [6.45, 7) is 0.554. The van der Waals surface area contributed by atoms with Gasteiger partial charge in [0.1, 0.15) is 5.75 Å². The zero-order valence-electron chi connectivity index (χ0n) is 14.2. The summed E-state index contributed by atoms with van der Waals surface area (Å²) in [6, 6.07) is 7.99. The van der Waals surface area contributed by atoms with E-state index < -0.39 is 5.97 Å². The van der Waals surface area contributed by atoms with Crippen LogP contribution in [0.15, 0.2) is 24.3 Å². The molecule has 1 aromatic rings. The van der Waals surface area contributed by atoms with Gasteiger partial charge in [-0.2, -0.15) is 0 Å². The van der Waals surface area contributed by atoms with E-state index in [1.165, 1.54) is 23.5 Å². The molecule has 1 saturated heterocycles. The van der Waals surface area contributed by atoms with Gasteiger partial charge in [0, 0.05) is 13.0 Å². The molecule has 0 atom stereocenters. The highest BCUT2D eigenvalue weighted by Gasteiger charge is 2.16. The third-order valence-electron chi connectivity index (χ3n) is 3.74. The van der Waals surface area contributed by atoms with Gasteiger partial charge in [0.25, 0.3) is 5.91 Å². The lowest BCUT2D eigenvalue weighted by Crippen LogP contribution is -2.29. The second-order valence-corrected chi connectivity index (χ2v) is 8.56. The molecule has 0 saturated carbocycles. The molecule has 0 bridgehead atoms. The number of amides is 1. The summed E-state index contributed by atoms with van der Waals surface area (Å²) >= 11 is 3.96. The molecule has 1 amide bonds. The minimum absolute atomic E-state index is 0.00139. The summed E-state index contributed by atoms with van der Waals surface area (Å²) in [4.78, 5) is 22.1. The van der Waals surface area contributed by atoms with Gasteiger partial charge in [0.2, 0.25) is 0 Å². The number of thioether (sulfide) groups is 2. The number of benzene rings is 1. The van der Waals surface area contributed by atoms with Crippen molar-refractivity contribution in [2.45, 2.75) is 36.7 Å². The van der Waals surface area contributed by atoms with Gasteiger partial charge in [-0.1, -0.05) is 18.6 Å². The van der Waals surface area contributed by atoms with Gasteiger partial charge in [-0.25, -0.2) is 0 Å². The quantitative estimate of drug-likeness (QED) is 0.600. The van der Waals surface area contributed by atoms with Gasteiger partial charge in [-0.3, -0.25) is 9.59 Å². The molecule has 25 heavy (non-hydrogen) atoms. The van der Waals surface area contributed by atoms with Crippen LogP contribution in [-0.2, 0) is 9.59 Å². The van der Waals surface area contributed by atoms with Crippen LogP contribution in [0.25, 0.3) is 0 Å². The number of unbranched alkanes of at least 4 members (excludes halogenated alkanes) is 2. The molecule has 0 aromatic heterocycles. The van der Waals surface area contributed by atoms with Gasteiger partial charge in [0.15, 0.2) is 6.61 Å². The van der Waals surface area contributed by atoms with Crippen LogP contribution in [0.4, 0.5) is 0 Å². The van der Waals surface area contributed by atoms with Crippen molar-refractivity contribution in [1.29, 1.82) is 0 Å². The van der Waals surface area contributed by atoms with E-state index in [0.717, 1.165) is 12.8 Å². The van der Waals surface area contributed by atoms with Gasteiger partial charge in [-0.15, -0.1) is 23.5 Å². The fourth-order valence-electron chi connectivity index (χ4n) is 2.41. The Balaban J connectivity index is 1.60. The van der Waals surface area contributed by atoms with E-state index >= 15 is 0 Å². The summed E-state index contributed by atoms with van der Waals surface area (Å²) in [6.07, 6.45) is 3.69. The highest BCUT2D eigenvalue weighted by molar-refractivity contribution is 8.16. The van der Waals surface area contributed by atoms with Crippen molar-refractivity contribution in [2.75, 3.05) is 24.7 Å². The number of carbonyl (C=O) groups is 2. The van der Waals surface area contributed by atoms with Crippen LogP contribution in [0.3, 0.4) is 0 Å². The molecule has 2 rings (SSSR count). The maximum atomic E-state index is 11.7. The first-order chi connectivity index (χ1) is 12.1. The Morgan fingerprint density at radius 3 is 2.52 bits per heavy atom. The zero-order valence-corrected chi connectivity index (χ0v) is 15.9. The van der Waals surface area contributed by atoms with E-state index in [2.05, 4.69) is 17.4 Å². The lowest BCUT2D eigenvalue weighted by molar-refractivity contribution is -0.137. The Morgan fingerprint density at radius 2 is 1.84 bits per heavy atom. The van der Waals surface area contributed by atoms with Crippen molar-refractivity contribution in [3.63, 3.8) is 0 Å². The lowest BCUT2D eigenvalue weighted by atomic mass is 10.2. The van der Waals surface area contributed by atoms with Crippen molar-refractivity contribution >= 4 is 35.4 Å². The molecule has 0 aliphatic carbocycles. The first-order valence-electron chi connectivity index (χ1n) is 8.59. The molecule has 1 fully saturated rings. The number of hydrogen-bond acceptors (Lipinski definition) is 5. The fraction of sp³-hybridized carbons (Fsp3) is 0.556. The van der Waals surface area contributed by atoms with E-state index in [0.29, 0.717) is 23.3 Å². The average molecular weight is 384 g/mol. The van der Waals surface area contributed by atoms with Crippen LogP contribution in [0.2, 0.25) is 0 Å². The fourth-order valence-corrected chi connectivity index (χ4v) is 5.30. The Kier molecular flexibility index (Phi) is 9.04. The molecular weight excluding hydrogens is 358 g/mol. The largest absolute Gasteiger partial charge is 0.484 e. The maximum absolute atomic E-state index is 11.7. The third kappa shape index (κ3) is 8.05. The van der Waals surface area contributed by atoms with Crippen LogP contribution in [-0.4, -0.2) is 41.6 Å². The second-order valence-electron chi connectivity index (χ2n) is 5.84. The molecule has 0 radical (unpaired) electrons. The Labute approximate surface area is 157 Å². The highest BCUT2D eigenvalue weighted by Crippen LogP contribution is 2.43. The van der Waals surface area contributed by atoms with E-state index in [1.54, 1.807) is 0 Å². The lowest BCUT2D eigenvalue weighted by Gasteiger charge is -2.21. The highest BCUT2D eigenvalue weighted by atomic mass is 32.2. The molecule has 0 spiro atoms. The Bertz CT molecular complexity index is 545. The molecule has 1 heterocycles. The van der Waals surface area contributed by atoms with Crippen LogP contribution in [0, 0.1) is 0 Å². The summed E-state index contributed by atoms with van der Waals surface area (Å²) in [5.41, 5.74) is 1.30. The Morgan fingerprint density at radius 1 is 1.12 bits per heavy atom. The molecule has 7 heteroatoms. The van der Waals surface area contributed by atoms with Gasteiger partial charge >= 0.3 is 5.97 Å². The number of hydrogen-bond donors (Lipinski definition) is 2. The summed E-state index contributed by atoms with van der Waals surface area (Å²) in [7, 11) is 0. The minimum atomic E-state index is -0.774. The van der Waals surface area contributed by atoms with Crippen molar-refractivity contribution in [3.8, 4) is 5.75 Å². The van der Waals surface area contributed by atoms with E-state index in [4.69, 9.17) is 9.84 Å². The van der Waals surface area contributed by atoms with Crippen molar-refractivity contribution < 1.29 is 19.4 Å².